The van der Waals surface area contributed by atoms with Gasteiger partial charge in [0.15, 0.2) is 0 Å². The van der Waals surface area contributed by atoms with Gasteiger partial charge in [-0.05, 0) is 56.8 Å². The molecule has 0 aromatic heterocycles. The molecule has 4 heteroatoms. The van der Waals surface area contributed by atoms with Gasteiger partial charge in [0.05, 0.1) is 5.69 Å². The maximum atomic E-state index is 14.1. The van der Waals surface area contributed by atoms with Crippen LogP contribution in [0.4, 0.5) is 10.1 Å². The SMILES string of the molecule is CCCNC1CC2CCC(C1)N2c1cc(Cl)ccc1F. The number of nitrogens with zero attached hydrogens (tertiary/aromatic N) is 1. The van der Waals surface area contributed by atoms with Crippen molar-refractivity contribution in [1.82, 2.24) is 5.32 Å². The second-order valence-electron chi connectivity index (χ2n) is 6.01. The van der Waals surface area contributed by atoms with E-state index in [1.165, 1.54) is 25.3 Å². The molecule has 1 aromatic rings. The van der Waals surface area contributed by atoms with Gasteiger partial charge in [-0.1, -0.05) is 18.5 Å². The summed E-state index contributed by atoms with van der Waals surface area (Å²) in [4.78, 5) is 2.28. The first-order valence-corrected chi connectivity index (χ1v) is 8.03. The number of anilines is 1. The molecule has 2 aliphatic rings. The zero-order valence-electron chi connectivity index (χ0n) is 11.9. The van der Waals surface area contributed by atoms with Crippen LogP contribution in [0.2, 0.25) is 5.02 Å². The van der Waals surface area contributed by atoms with E-state index in [2.05, 4.69) is 17.1 Å². The molecule has 0 saturated carbocycles. The van der Waals surface area contributed by atoms with Crippen molar-refractivity contribution in [2.75, 3.05) is 11.4 Å². The third-order valence-corrected chi connectivity index (χ3v) is 4.84. The molecule has 2 saturated heterocycles. The molecule has 110 valence electrons. The molecule has 20 heavy (non-hydrogen) atoms. The Labute approximate surface area is 125 Å². The predicted octanol–water partition coefficient (Wildman–Crippen LogP) is 3.98. The van der Waals surface area contributed by atoms with E-state index in [0.29, 0.717) is 28.8 Å². The first-order chi connectivity index (χ1) is 9.69. The van der Waals surface area contributed by atoms with Crippen LogP contribution in [-0.4, -0.2) is 24.7 Å². The molecular formula is C16H22ClFN2. The first kappa shape index (κ1) is 14.2. The average molecular weight is 297 g/mol. The summed E-state index contributed by atoms with van der Waals surface area (Å²) in [5.74, 6) is -0.147. The van der Waals surface area contributed by atoms with Crippen molar-refractivity contribution >= 4 is 17.3 Å². The number of hydrogen-bond donors (Lipinski definition) is 1. The van der Waals surface area contributed by atoms with Gasteiger partial charge in [-0.25, -0.2) is 4.39 Å². The lowest BCUT2D eigenvalue weighted by Gasteiger charge is -2.41. The molecule has 2 unspecified atom stereocenters. The summed E-state index contributed by atoms with van der Waals surface area (Å²) < 4.78 is 14.1. The molecule has 2 fully saturated rings. The van der Waals surface area contributed by atoms with Gasteiger partial charge in [0.25, 0.3) is 0 Å². The van der Waals surface area contributed by atoms with Crippen LogP contribution >= 0.6 is 11.6 Å². The summed E-state index contributed by atoms with van der Waals surface area (Å²) in [7, 11) is 0. The van der Waals surface area contributed by atoms with E-state index in [9.17, 15) is 4.39 Å². The van der Waals surface area contributed by atoms with E-state index in [1.807, 2.05) is 0 Å². The fraction of sp³-hybridized carbons (Fsp3) is 0.625. The van der Waals surface area contributed by atoms with Crippen molar-refractivity contribution in [3.05, 3.63) is 29.0 Å². The van der Waals surface area contributed by atoms with E-state index in [4.69, 9.17) is 11.6 Å². The Hall–Kier alpha value is -0.800. The molecule has 0 spiro atoms. The van der Waals surface area contributed by atoms with Crippen LogP contribution in [0.15, 0.2) is 18.2 Å². The Kier molecular flexibility index (Phi) is 4.18. The van der Waals surface area contributed by atoms with Crippen molar-refractivity contribution in [3.63, 3.8) is 0 Å². The summed E-state index contributed by atoms with van der Waals surface area (Å²) in [5, 5.41) is 4.24. The third kappa shape index (κ3) is 2.66. The summed E-state index contributed by atoms with van der Waals surface area (Å²) in [6.07, 6.45) is 5.73. The van der Waals surface area contributed by atoms with Gasteiger partial charge in [-0.2, -0.15) is 0 Å². The first-order valence-electron chi connectivity index (χ1n) is 7.65. The highest BCUT2D eigenvalue weighted by molar-refractivity contribution is 6.30. The molecule has 0 radical (unpaired) electrons. The Morgan fingerprint density at radius 3 is 2.65 bits per heavy atom. The Balaban J connectivity index is 1.78. The van der Waals surface area contributed by atoms with Crippen LogP contribution in [0.5, 0.6) is 0 Å². The minimum Gasteiger partial charge on any atom is -0.363 e. The Bertz CT molecular complexity index is 466. The van der Waals surface area contributed by atoms with Gasteiger partial charge in [-0.3, -0.25) is 0 Å². The zero-order chi connectivity index (χ0) is 14.1. The molecule has 2 aliphatic heterocycles. The lowest BCUT2D eigenvalue weighted by molar-refractivity contribution is 0.354. The fourth-order valence-corrected chi connectivity index (χ4v) is 3.94. The van der Waals surface area contributed by atoms with Crippen LogP contribution in [0.3, 0.4) is 0 Å². The molecule has 2 nitrogen and oxygen atoms in total. The van der Waals surface area contributed by atoms with Gasteiger partial charge in [0.2, 0.25) is 0 Å². The topological polar surface area (TPSA) is 15.3 Å². The minimum atomic E-state index is -0.147. The van der Waals surface area contributed by atoms with Crippen molar-refractivity contribution in [2.45, 2.75) is 57.2 Å². The van der Waals surface area contributed by atoms with E-state index in [0.717, 1.165) is 19.4 Å². The maximum Gasteiger partial charge on any atom is 0.146 e. The highest BCUT2D eigenvalue weighted by atomic mass is 35.5. The number of piperidine rings is 1. The molecule has 1 aromatic carbocycles. The third-order valence-electron chi connectivity index (χ3n) is 4.60. The van der Waals surface area contributed by atoms with Gasteiger partial charge in [0.1, 0.15) is 5.82 Å². The number of halogens is 2. The van der Waals surface area contributed by atoms with Crippen molar-refractivity contribution in [1.29, 1.82) is 0 Å². The largest absolute Gasteiger partial charge is 0.363 e. The Morgan fingerprint density at radius 2 is 2.00 bits per heavy atom. The fourth-order valence-electron chi connectivity index (χ4n) is 3.77. The van der Waals surface area contributed by atoms with Crippen LogP contribution in [0, 0.1) is 5.82 Å². The summed E-state index contributed by atoms with van der Waals surface area (Å²) in [6, 6.07) is 6.39. The number of fused-ring (bicyclic) bond motifs is 2. The number of benzene rings is 1. The smallest absolute Gasteiger partial charge is 0.146 e. The standard InChI is InChI=1S/C16H22ClFN2/c1-2-7-19-12-9-13-4-5-14(10-12)20(13)16-8-11(17)3-6-15(16)18/h3,6,8,12-14,19H,2,4-5,7,9-10H2,1H3. The van der Waals surface area contributed by atoms with Crippen LogP contribution < -0.4 is 10.2 Å². The number of nitrogens with one attached hydrogen (secondary N) is 1. The highest BCUT2D eigenvalue weighted by Gasteiger charge is 2.41. The van der Waals surface area contributed by atoms with Gasteiger partial charge < -0.3 is 10.2 Å². The lowest BCUT2D eigenvalue weighted by Crippen LogP contribution is -2.49. The molecule has 1 N–H and O–H groups in total. The molecular weight excluding hydrogens is 275 g/mol. The molecule has 2 atom stereocenters. The van der Waals surface area contributed by atoms with Crippen molar-refractivity contribution in [3.8, 4) is 0 Å². The van der Waals surface area contributed by atoms with E-state index in [1.54, 1.807) is 12.1 Å². The minimum absolute atomic E-state index is 0.147. The maximum absolute atomic E-state index is 14.1. The molecule has 0 amide bonds. The van der Waals surface area contributed by atoms with Crippen molar-refractivity contribution < 1.29 is 4.39 Å². The zero-order valence-corrected chi connectivity index (χ0v) is 12.7. The van der Waals surface area contributed by atoms with Crippen LogP contribution in [0.25, 0.3) is 0 Å². The quantitative estimate of drug-likeness (QED) is 0.904. The monoisotopic (exact) mass is 296 g/mol. The second kappa shape index (κ2) is 5.90. The van der Waals surface area contributed by atoms with Crippen LogP contribution in [-0.2, 0) is 0 Å². The molecule has 3 rings (SSSR count). The highest BCUT2D eigenvalue weighted by Crippen LogP contribution is 2.41. The van der Waals surface area contributed by atoms with E-state index >= 15 is 0 Å². The lowest BCUT2D eigenvalue weighted by atomic mass is 9.96. The summed E-state index contributed by atoms with van der Waals surface area (Å²) >= 11 is 6.04. The summed E-state index contributed by atoms with van der Waals surface area (Å²) in [5.41, 5.74) is 0.693. The van der Waals surface area contributed by atoms with Gasteiger partial charge in [0, 0.05) is 23.1 Å². The number of hydrogen-bond acceptors (Lipinski definition) is 2. The predicted molar refractivity (Wildman–Crippen MR) is 82.0 cm³/mol. The van der Waals surface area contributed by atoms with Gasteiger partial charge >= 0.3 is 0 Å². The molecule has 2 bridgehead atoms. The van der Waals surface area contributed by atoms with Crippen molar-refractivity contribution in [2.24, 2.45) is 0 Å². The molecule has 0 aliphatic carbocycles. The normalized spacial score (nSPS) is 28.9. The number of rotatable bonds is 4. The van der Waals surface area contributed by atoms with Crippen LogP contribution in [0.1, 0.15) is 39.0 Å². The van der Waals surface area contributed by atoms with Gasteiger partial charge in [-0.15, -0.1) is 0 Å². The second-order valence-corrected chi connectivity index (χ2v) is 6.45. The summed E-state index contributed by atoms with van der Waals surface area (Å²) in [6.45, 7) is 3.27. The molecule has 2 heterocycles. The van der Waals surface area contributed by atoms with E-state index < -0.39 is 0 Å². The Morgan fingerprint density at radius 1 is 1.30 bits per heavy atom. The van der Waals surface area contributed by atoms with E-state index in [-0.39, 0.29) is 5.82 Å². The average Bonchev–Trinajstić information content (AvgIpc) is 2.70.